The van der Waals surface area contributed by atoms with Gasteiger partial charge in [-0.3, -0.25) is 14.3 Å². The topological polar surface area (TPSA) is 95.7 Å². The number of benzene rings is 3. The lowest BCUT2D eigenvalue weighted by Crippen LogP contribution is -2.67. The zero-order chi connectivity index (χ0) is 27.3. The van der Waals surface area contributed by atoms with E-state index in [0.29, 0.717) is 10.6 Å². The molecule has 7 nitrogen and oxygen atoms in total. The van der Waals surface area contributed by atoms with Crippen LogP contribution < -0.4 is 10.4 Å². The van der Waals surface area contributed by atoms with E-state index in [4.69, 9.17) is 20.2 Å². The maximum absolute atomic E-state index is 11.8. The van der Waals surface area contributed by atoms with Gasteiger partial charge in [-0.1, -0.05) is 93.0 Å². The molecule has 3 rings (SSSR count). The van der Waals surface area contributed by atoms with E-state index in [1.165, 1.54) is 18.2 Å². The Hall–Kier alpha value is -2.56. The van der Waals surface area contributed by atoms with Crippen LogP contribution in [0, 0.1) is 16.0 Å². The van der Waals surface area contributed by atoms with Crippen molar-refractivity contribution in [1.29, 1.82) is 0 Å². The van der Waals surface area contributed by atoms with Crippen molar-refractivity contribution >= 4 is 46.1 Å². The number of nitro groups is 1. The van der Waals surface area contributed by atoms with Gasteiger partial charge in [0, 0.05) is 29.2 Å². The fourth-order valence-corrected chi connectivity index (χ4v) is 9.87. The highest BCUT2D eigenvalue weighted by molar-refractivity contribution is 7.85. The summed E-state index contributed by atoms with van der Waals surface area (Å²) in [5.74, 6) is -0.492. The molecular formula is C27H32ClNO6SSi. The molecule has 0 unspecified atom stereocenters. The molecule has 0 spiro atoms. The maximum Gasteiger partial charge on any atom is 0.272 e. The predicted octanol–water partition coefficient (Wildman–Crippen LogP) is 4.96. The SMILES string of the molecule is CC(C)(C)[Si](OC[C@H](COS(C)(=O)=O)Cc1cc(Cl)ccc1[N+](=O)[O-])(c1ccccc1)c1ccccc1. The summed E-state index contributed by atoms with van der Waals surface area (Å²) in [6.45, 7) is 6.38. The first kappa shape index (κ1) is 29.0. The van der Waals surface area contributed by atoms with Crippen molar-refractivity contribution in [2.24, 2.45) is 5.92 Å². The third-order valence-corrected chi connectivity index (χ3v) is 12.0. The van der Waals surface area contributed by atoms with Gasteiger partial charge in [0.2, 0.25) is 0 Å². The number of halogens is 1. The maximum atomic E-state index is 11.8. The number of hydrogen-bond donors (Lipinski definition) is 0. The Morgan fingerprint density at radius 3 is 1.95 bits per heavy atom. The van der Waals surface area contributed by atoms with E-state index in [2.05, 4.69) is 45.0 Å². The second-order valence-electron chi connectivity index (χ2n) is 10.1. The first-order chi connectivity index (χ1) is 17.3. The highest BCUT2D eigenvalue weighted by atomic mass is 35.5. The molecule has 0 fully saturated rings. The summed E-state index contributed by atoms with van der Waals surface area (Å²) in [5, 5.41) is 13.9. The van der Waals surface area contributed by atoms with E-state index in [9.17, 15) is 18.5 Å². The first-order valence-corrected chi connectivity index (χ1v) is 16.0. The normalized spacial score (nSPS) is 13.3. The van der Waals surface area contributed by atoms with Crippen LogP contribution in [0.1, 0.15) is 26.3 Å². The Bertz CT molecular complexity index is 1270. The molecule has 1 atom stereocenters. The van der Waals surface area contributed by atoms with Crippen LogP contribution in [-0.2, 0) is 25.1 Å². The minimum absolute atomic E-state index is 0.0841. The molecule has 10 heteroatoms. The summed E-state index contributed by atoms with van der Waals surface area (Å²) in [7, 11) is -6.65. The first-order valence-electron chi connectivity index (χ1n) is 11.9. The standard InChI is InChI=1S/C27H32ClNO6SSi/c1-27(2,3)37(24-11-7-5-8-12-24,25-13-9-6-10-14-25)35-20-21(19-34-36(4,32)33)17-22-18-23(28)15-16-26(22)29(30)31/h5-16,18,21H,17,19-20H2,1-4H3/t21-/m0/s1. The minimum Gasteiger partial charge on any atom is -0.407 e. The zero-order valence-electron chi connectivity index (χ0n) is 21.4. The van der Waals surface area contributed by atoms with E-state index in [-0.39, 0.29) is 30.4 Å². The Kier molecular flexibility index (Phi) is 9.30. The smallest absolute Gasteiger partial charge is 0.272 e. The third kappa shape index (κ3) is 7.27. The average Bonchev–Trinajstić information content (AvgIpc) is 2.82. The fraction of sp³-hybridized carbons (Fsp3) is 0.333. The third-order valence-electron chi connectivity index (χ3n) is 6.22. The Labute approximate surface area is 224 Å². The molecule has 37 heavy (non-hydrogen) atoms. The van der Waals surface area contributed by atoms with E-state index in [1.54, 1.807) is 0 Å². The average molecular weight is 562 g/mol. The van der Waals surface area contributed by atoms with E-state index in [1.807, 2.05) is 36.4 Å². The largest absolute Gasteiger partial charge is 0.407 e. The molecule has 0 aromatic heterocycles. The molecule has 0 N–H and O–H groups in total. The van der Waals surface area contributed by atoms with Gasteiger partial charge in [0.1, 0.15) is 0 Å². The number of nitrogens with zero attached hydrogens (tertiary/aromatic N) is 1. The summed E-state index contributed by atoms with van der Waals surface area (Å²) in [6, 6.07) is 24.4. The monoisotopic (exact) mass is 561 g/mol. The highest BCUT2D eigenvalue weighted by Gasteiger charge is 2.50. The summed E-state index contributed by atoms with van der Waals surface area (Å²) in [6.07, 6.45) is 1.14. The predicted molar refractivity (Wildman–Crippen MR) is 150 cm³/mol. The van der Waals surface area contributed by atoms with E-state index >= 15 is 0 Å². The van der Waals surface area contributed by atoms with Crippen LogP contribution in [0.5, 0.6) is 0 Å². The van der Waals surface area contributed by atoms with Gasteiger partial charge in [-0.05, 0) is 34.0 Å². The molecular weight excluding hydrogens is 530 g/mol. The minimum atomic E-state index is -3.74. The molecule has 0 aliphatic heterocycles. The Balaban J connectivity index is 2.06. The Morgan fingerprint density at radius 1 is 0.946 bits per heavy atom. The highest BCUT2D eigenvalue weighted by Crippen LogP contribution is 2.37. The van der Waals surface area contributed by atoms with Crippen LogP contribution >= 0.6 is 11.6 Å². The number of rotatable bonds is 11. The fourth-order valence-electron chi connectivity index (χ4n) is 4.60. The van der Waals surface area contributed by atoms with Crippen LogP contribution in [0.4, 0.5) is 5.69 Å². The molecule has 0 heterocycles. The van der Waals surface area contributed by atoms with Gasteiger partial charge >= 0.3 is 0 Å². The van der Waals surface area contributed by atoms with Crippen molar-refractivity contribution in [3.8, 4) is 0 Å². The van der Waals surface area contributed by atoms with Gasteiger partial charge in [-0.2, -0.15) is 8.42 Å². The van der Waals surface area contributed by atoms with Crippen molar-refractivity contribution in [1.82, 2.24) is 0 Å². The van der Waals surface area contributed by atoms with Gasteiger partial charge in [0.25, 0.3) is 24.1 Å². The van der Waals surface area contributed by atoms with Crippen LogP contribution in [0.15, 0.2) is 78.9 Å². The van der Waals surface area contributed by atoms with Gasteiger partial charge in [-0.15, -0.1) is 0 Å². The molecule has 0 aliphatic rings. The molecule has 0 saturated carbocycles. The van der Waals surface area contributed by atoms with Gasteiger partial charge in [0.05, 0.1) is 17.8 Å². The molecule has 0 bridgehead atoms. The molecule has 0 aliphatic carbocycles. The molecule has 3 aromatic carbocycles. The molecule has 3 aromatic rings. The van der Waals surface area contributed by atoms with E-state index < -0.39 is 29.3 Å². The summed E-state index contributed by atoms with van der Waals surface area (Å²) in [5.41, 5.74) is 0.310. The van der Waals surface area contributed by atoms with Gasteiger partial charge < -0.3 is 4.43 Å². The Morgan fingerprint density at radius 2 is 1.49 bits per heavy atom. The molecule has 198 valence electrons. The van der Waals surface area contributed by atoms with E-state index in [0.717, 1.165) is 16.6 Å². The van der Waals surface area contributed by atoms with Gasteiger partial charge in [0.15, 0.2) is 0 Å². The summed E-state index contributed by atoms with van der Waals surface area (Å²) >= 11 is 6.15. The number of nitro benzene ring substituents is 1. The van der Waals surface area contributed by atoms with Crippen molar-refractivity contribution in [3.63, 3.8) is 0 Å². The quantitative estimate of drug-likeness (QED) is 0.142. The molecule has 0 radical (unpaired) electrons. The van der Waals surface area contributed by atoms with Crippen LogP contribution in [0.25, 0.3) is 0 Å². The lowest BCUT2D eigenvalue weighted by molar-refractivity contribution is -0.385. The lowest BCUT2D eigenvalue weighted by Gasteiger charge is -2.43. The van der Waals surface area contributed by atoms with Crippen molar-refractivity contribution < 1.29 is 22.0 Å². The molecule has 0 amide bonds. The second kappa shape index (κ2) is 11.9. The van der Waals surface area contributed by atoms with Gasteiger partial charge in [-0.25, -0.2) is 0 Å². The van der Waals surface area contributed by atoms with Crippen LogP contribution in [-0.4, -0.2) is 41.1 Å². The zero-order valence-corrected chi connectivity index (χ0v) is 24.0. The number of hydrogen-bond acceptors (Lipinski definition) is 6. The van der Waals surface area contributed by atoms with Crippen molar-refractivity contribution in [2.75, 3.05) is 19.5 Å². The van der Waals surface area contributed by atoms with Crippen molar-refractivity contribution in [2.45, 2.75) is 32.2 Å². The lowest BCUT2D eigenvalue weighted by atomic mass is 9.99. The second-order valence-corrected chi connectivity index (χ2v) is 16.4. The van der Waals surface area contributed by atoms with Crippen LogP contribution in [0.3, 0.4) is 0 Å². The summed E-state index contributed by atoms with van der Waals surface area (Å²) in [4.78, 5) is 11.2. The summed E-state index contributed by atoms with van der Waals surface area (Å²) < 4.78 is 35.8. The van der Waals surface area contributed by atoms with Crippen LogP contribution in [0.2, 0.25) is 10.1 Å². The van der Waals surface area contributed by atoms with Crippen molar-refractivity contribution in [3.05, 3.63) is 99.6 Å². The molecule has 0 saturated heterocycles.